The maximum Gasteiger partial charge on any atom is 0.261 e. The van der Waals surface area contributed by atoms with Crippen molar-refractivity contribution in [3.8, 4) is 17.0 Å². The van der Waals surface area contributed by atoms with Gasteiger partial charge in [0.1, 0.15) is 11.6 Å². The molecule has 0 bridgehead atoms. The molecule has 3 aromatic rings. The minimum absolute atomic E-state index is 0.251. The number of nitrogens with two attached hydrogens (primary N) is 1. The number of carbonyl (C=O) groups excluding carboxylic acids is 2. The highest BCUT2D eigenvalue weighted by atomic mass is 32.1. The third kappa shape index (κ3) is 4.48. The average Bonchev–Trinajstić information content (AvgIpc) is 3.01. The highest BCUT2D eigenvalue weighted by Gasteiger charge is 2.16. The average molecular weight is 385 g/mol. The molecule has 0 unspecified atom stereocenters. The van der Waals surface area contributed by atoms with Gasteiger partial charge in [0.15, 0.2) is 11.7 Å². The first-order valence-corrected chi connectivity index (χ1v) is 8.80. The maximum atomic E-state index is 13.1. The largest absolute Gasteiger partial charge is 0.483 e. The minimum Gasteiger partial charge on any atom is -0.483 e. The zero-order chi connectivity index (χ0) is 19.4. The number of primary amides is 1. The van der Waals surface area contributed by atoms with Gasteiger partial charge in [0.05, 0.1) is 11.3 Å². The third-order valence-electron chi connectivity index (χ3n) is 3.64. The van der Waals surface area contributed by atoms with Gasteiger partial charge in [-0.3, -0.25) is 14.9 Å². The number of thiazole rings is 1. The summed E-state index contributed by atoms with van der Waals surface area (Å²) in [5.74, 6) is -1.13. The van der Waals surface area contributed by atoms with Crippen LogP contribution in [0.2, 0.25) is 0 Å². The van der Waals surface area contributed by atoms with Crippen LogP contribution in [0.15, 0.2) is 48.5 Å². The first kappa shape index (κ1) is 18.5. The number of rotatable bonds is 6. The Bertz CT molecular complexity index is 986. The van der Waals surface area contributed by atoms with Gasteiger partial charge in [-0.25, -0.2) is 9.37 Å². The third-order valence-corrected chi connectivity index (χ3v) is 4.52. The van der Waals surface area contributed by atoms with Crippen LogP contribution >= 0.6 is 11.3 Å². The number of ether oxygens (including phenoxy) is 1. The number of amides is 2. The molecule has 0 saturated heterocycles. The number of halogens is 1. The van der Waals surface area contributed by atoms with Crippen LogP contribution in [0.25, 0.3) is 11.3 Å². The number of aryl methyl sites for hydroxylation is 1. The second kappa shape index (κ2) is 7.96. The van der Waals surface area contributed by atoms with Gasteiger partial charge in [0, 0.05) is 10.4 Å². The summed E-state index contributed by atoms with van der Waals surface area (Å²) in [7, 11) is 0. The lowest BCUT2D eigenvalue weighted by molar-refractivity contribution is -0.119. The molecule has 27 heavy (non-hydrogen) atoms. The molecule has 3 N–H and O–H groups in total. The predicted molar refractivity (Wildman–Crippen MR) is 101 cm³/mol. The molecule has 1 heterocycles. The normalized spacial score (nSPS) is 10.4. The first-order chi connectivity index (χ1) is 12.9. The SMILES string of the molecule is Cc1sc(NC(=O)c2ccccc2OCC(N)=O)nc1-c1ccc(F)cc1. The highest BCUT2D eigenvalue weighted by molar-refractivity contribution is 7.16. The number of para-hydroxylation sites is 1. The van der Waals surface area contributed by atoms with E-state index >= 15 is 0 Å². The molecule has 1 aromatic heterocycles. The highest BCUT2D eigenvalue weighted by Crippen LogP contribution is 2.31. The topological polar surface area (TPSA) is 94.3 Å². The van der Waals surface area contributed by atoms with Gasteiger partial charge in [-0.1, -0.05) is 12.1 Å². The number of hydrogen-bond acceptors (Lipinski definition) is 5. The molecule has 6 nitrogen and oxygen atoms in total. The van der Waals surface area contributed by atoms with E-state index in [1.54, 1.807) is 36.4 Å². The second-order valence-electron chi connectivity index (χ2n) is 5.64. The van der Waals surface area contributed by atoms with Gasteiger partial charge < -0.3 is 10.5 Å². The van der Waals surface area contributed by atoms with Crippen molar-refractivity contribution in [1.29, 1.82) is 0 Å². The van der Waals surface area contributed by atoms with E-state index in [1.165, 1.54) is 23.5 Å². The van der Waals surface area contributed by atoms with E-state index in [9.17, 15) is 14.0 Å². The van der Waals surface area contributed by atoms with E-state index in [4.69, 9.17) is 10.5 Å². The Balaban J connectivity index is 1.80. The van der Waals surface area contributed by atoms with Crippen molar-refractivity contribution in [2.24, 2.45) is 5.73 Å². The van der Waals surface area contributed by atoms with Crippen LogP contribution in [-0.4, -0.2) is 23.4 Å². The molecule has 2 amide bonds. The smallest absolute Gasteiger partial charge is 0.261 e. The number of nitrogens with one attached hydrogen (secondary N) is 1. The summed E-state index contributed by atoms with van der Waals surface area (Å²) in [6, 6.07) is 12.5. The summed E-state index contributed by atoms with van der Waals surface area (Å²) in [4.78, 5) is 28.8. The van der Waals surface area contributed by atoms with E-state index < -0.39 is 11.8 Å². The number of aromatic nitrogens is 1. The van der Waals surface area contributed by atoms with Crippen molar-refractivity contribution < 1.29 is 18.7 Å². The Morgan fingerprint density at radius 3 is 2.59 bits per heavy atom. The molecule has 3 rings (SSSR count). The van der Waals surface area contributed by atoms with Gasteiger partial charge in [-0.05, 0) is 43.3 Å². The van der Waals surface area contributed by atoms with Gasteiger partial charge in [0.2, 0.25) is 0 Å². The molecule has 0 spiro atoms. The Labute approximate surface area is 158 Å². The van der Waals surface area contributed by atoms with Crippen molar-refractivity contribution in [3.05, 3.63) is 64.8 Å². The van der Waals surface area contributed by atoms with E-state index in [2.05, 4.69) is 10.3 Å². The lowest BCUT2D eigenvalue weighted by Gasteiger charge is -2.09. The number of benzene rings is 2. The number of nitrogens with zero attached hydrogens (tertiary/aromatic N) is 1. The molecule has 2 aromatic carbocycles. The lowest BCUT2D eigenvalue weighted by atomic mass is 10.1. The summed E-state index contributed by atoms with van der Waals surface area (Å²) in [6.45, 7) is 1.55. The molecular weight excluding hydrogens is 369 g/mol. The molecule has 0 radical (unpaired) electrons. The molecular formula is C19H16FN3O3S. The van der Waals surface area contributed by atoms with Crippen molar-refractivity contribution in [2.75, 3.05) is 11.9 Å². The fraction of sp³-hybridized carbons (Fsp3) is 0.105. The van der Waals surface area contributed by atoms with Gasteiger partial charge in [0.25, 0.3) is 11.8 Å². The Morgan fingerprint density at radius 1 is 1.19 bits per heavy atom. The Hall–Kier alpha value is -3.26. The molecule has 0 saturated carbocycles. The van der Waals surface area contributed by atoms with Crippen LogP contribution in [0.1, 0.15) is 15.2 Å². The van der Waals surface area contributed by atoms with E-state index in [0.717, 1.165) is 10.4 Å². The van der Waals surface area contributed by atoms with Crippen LogP contribution in [-0.2, 0) is 4.79 Å². The fourth-order valence-electron chi connectivity index (χ4n) is 2.42. The quantitative estimate of drug-likeness (QED) is 0.680. The molecule has 0 atom stereocenters. The summed E-state index contributed by atoms with van der Waals surface area (Å²) in [5, 5.41) is 3.13. The summed E-state index contributed by atoms with van der Waals surface area (Å²) in [6.07, 6.45) is 0. The summed E-state index contributed by atoms with van der Waals surface area (Å²) >= 11 is 1.31. The molecule has 0 aliphatic heterocycles. The van der Waals surface area contributed by atoms with E-state index in [-0.39, 0.29) is 23.7 Å². The molecule has 0 aliphatic carbocycles. The number of hydrogen-bond donors (Lipinski definition) is 2. The predicted octanol–water partition coefficient (Wildman–Crippen LogP) is 3.37. The molecule has 8 heteroatoms. The summed E-state index contributed by atoms with van der Waals surface area (Å²) < 4.78 is 18.4. The minimum atomic E-state index is -0.635. The standard InChI is InChI=1S/C19H16FN3O3S/c1-11-17(12-6-8-13(20)9-7-12)22-19(27-11)23-18(25)14-4-2-3-5-15(14)26-10-16(21)24/h2-9H,10H2,1H3,(H2,21,24)(H,22,23,25). The zero-order valence-corrected chi connectivity index (χ0v) is 15.2. The van der Waals surface area contributed by atoms with Crippen LogP contribution in [0.3, 0.4) is 0 Å². The monoisotopic (exact) mass is 385 g/mol. The lowest BCUT2D eigenvalue weighted by Crippen LogP contribution is -2.21. The van der Waals surface area contributed by atoms with Crippen LogP contribution < -0.4 is 15.8 Å². The summed E-state index contributed by atoms with van der Waals surface area (Å²) in [5.41, 5.74) is 6.77. The van der Waals surface area contributed by atoms with Crippen molar-refractivity contribution in [1.82, 2.24) is 4.98 Å². The van der Waals surface area contributed by atoms with Crippen molar-refractivity contribution in [3.63, 3.8) is 0 Å². The van der Waals surface area contributed by atoms with E-state index in [1.807, 2.05) is 6.92 Å². The number of anilines is 1. The second-order valence-corrected chi connectivity index (χ2v) is 6.84. The van der Waals surface area contributed by atoms with Crippen LogP contribution in [0.5, 0.6) is 5.75 Å². The van der Waals surface area contributed by atoms with Crippen LogP contribution in [0, 0.1) is 12.7 Å². The van der Waals surface area contributed by atoms with Gasteiger partial charge in [-0.2, -0.15) is 0 Å². The maximum absolute atomic E-state index is 13.1. The van der Waals surface area contributed by atoms with Gasteiger partial charge in [-0.15, -0.1) is 11.3 Å². The van der Waals surface area contributed by atoms with Crippen molar-refractivity contribution in [2.45, 2.75) is 6.92 Å². The first-order valence-electron chi connectivity index (χ1n) is 7.99. The molecule has 0 fully saturated rings. The van der Waals surface area contributed by atoms with Crippen LogP contribution in [0.4, 0.5) is 9.52 Å². The Kier molecular flexibility index (Phi) is 5.46. The van der Waals surface area contributed by atoms with E-state index in [0.29, 0.717) is 10.8 Å². The Morgan fingerprint density at radius 2 is 1.89 bits per heavy atom. The number of carbonyl (C=O) groups is 2. The zero-order valence-electron chi connectivity index (χ0n) is 14.4. The molecule has 138 valence electrons. The fourth-order valence-corrected chi connectivity index (χ4v) is 3.25. The molecule has 0 aliphatic rings. The van der Waals surface area contributed by atoms with Crippen molar-refractivity contribution >= 4 is 28.3 Å². The van der Waals surface area contributed by atoms with Gasteiger partial charge >= 0.3 is 0 Å².